The van der Waals surface area contributed by atoms with E-state index < -0.39 is 12.1 Å². The first-order chi connectivity index (χ1) is 8.13. The van der Waals surface area contributed by atoms with Crippen LogP contribution in [0.3, 0.4) is 0 Å². The van der Waals surface area contributed by atoms with E-state index in [1.807, 2.05) is 0 Å². The first kappa shape index (κ1) is 13.9. The molecule has 0 aromatic heterocycles. The minimum Gasteiger partial charge on any atom is -0.481 e. The van der Waals surface area contributed by atoms with E-state index in [9.17, 15) is 9.59 Å². The summed E-state index contributed by atoms with van der Waals surface area (Å²) in [5.74, 6) is -1.15. The molecule has 0 aromatic rings. The van der Waals surface area contributed by atoms with Crippen molar-refractivity contribution in [3.8, 4) is 0 Å². The topological polar surface area (TPSA) is 96.9 Å². The van der Waals surface area contributed by atoms with Crippen LogP contribution < -0.4 is 10.6 Å². The third-order valence-corrected chi connectivity index (χ3v) is 2.48. The summed E-state index contributed by atoms with van der Waals surface area (Å²) in [5.41, 5.74) is 0. The molecule has 7 heteroatoms. The Morgan fingerprint density at radius 3 is 2.94 bits per heavy atom. The molecule has 0 bridgehead atoms. The van der Waals surface area contributed by atoms with Crippen molar-refractivity contribution >= 4 is 11.9 Å². The summed E-state index contributed by atoms with van der Waals surface area (Å²) in [5, 5.41) is 14.3. The summed E-state index contributed by atoms with van der Waals surface area (Å²) in [6.07, 6.45) is -0.647. The van der Waals surface area contributed by atoms with Crippen LogP contribution >= 0.6 is 0 Å². The number of carbonyl (C=O) groups excluding carboxylic acids is 1. The number of hydrogen-bond acceptors (Lipinski definition) is 5. The fourth-order valence-electron chi connectivity index (χ4n) is 1.51. The molecule has 1 amide bonds. The van der Waals surface area contributed by atoms with Crippen molar-refractivity contribution in [3.05, 3.63) is 0 Å². The van der Waals surface area contributed by atoms with Gasteiger partial charge in [0.15, 0.2) is 0 Å². The van der Waals surface area contributed by atoms with Gasteiger partial charge in [0.1, 0.15) is 6.04 Å². The number of carboxylic acid groups (broad SMARTS) is 1. The normalized spacial score (nSPS) is 21.8. The largest absolute Gasteiger partial charge is 0.481 e. The van der Waals surface area contributed by atoms with Gasteiger partial charge in [0.25, 0.3) is 0 Å². The molecule has 1 saturated heterocycles. The Labute approximate surface area is 99.5 Å². The van der Waals surface area contributed by atoms with E-state index in [1.165, 1.54) is 7.11 Å². The summed E-state index contributed by atoms with van der Waals surface area (Å²) < 4.78 is 10.1. The van der Waals surface area contributed by atoms with Gasteiger partial charge in [-0.05, 0) is 0 Å². The second-order valence-corrected chi connectivity index (χ2v) is 3.78. The summed E-state index contributed by atoms with van der Waals surface area (Å²) in [7, 11) is 1.42. The van der Waals surface area contributed by atoms with Gasteiger partial charge in [0.05, 0.1) is 25.7 Å². The van der Waals surface area contributed by atoms with Crippen molar-refractivity contribution in [2.75, 3.05) is 33.4 Å². The molecule has 0 spiro atoms. The van der Waals surface area contributed by atoms with Gasteiger partial charge < -0.3 is 25.2 Å². The smallest absolute Gasteiger partial charge is 0.306 e. The van der Waals surface area contributed by atoms with Crippen LogP contribution in [0, 0.1) is 0 Å². The average molecular weight is 246 g/mol. The number of carbonyl (C=O) groups is 2. The van der Waals surface area contributed by atoms with Crippen LogP contribution in [-0.2, 0) is 19.1 Å². The average Bonchev–Trinajstić information content (AvgIpc) is 2.34. The van der Waals surface area contributed by atoms with Crippen molar-refractivity contribution in [1.29, 1.82) is 0 Å². The van der Waals surface area contributed by atoms with E-state index in [2.05, 4.69) is 10.6 Å². The zero-order chi connectivity index (χ0) is 12.7. The molecule has 1 heterocycles. The number of amides is 1. The second kappa shape index (κ2) is 7.21. The molecule has 17 heavy (non-hydrogen) atoms. The molecule has 2 unspecified atom stereocenters. The molecule has 7 nitrogen and oxygen atoms in total. The molecule has 1 fully saturated rings. The molecule has 0 saturated carbocycles. The predicted molar refractivity (Wildman–Crippen MR) is 58.7 cm³/mol. The van der Waals surface area contributed by atoms with Crippen LogP contribution in [0.25, 0.3) is 0 Å². The molecule has 0 radical (unpaired) electrons. The number of carboxylic acids is 1. The fraction of sp³-hybridized carbons (Fsp3) is 0.800. The quantitative estimate of drug-likeness (QED) is 0.532. The van der Waals surface area contributed by atoms with Crippen molar-refractivity contribution in [3.63, 3.8) is 0 Å². The van der Waals surface area contributed by atoms with Gasteiger partial charge in [0, 0.05) is 20.2 Å². The lowest BCUT2D eigenvalue weighted by Gasteiger charge is -2.23. The molecule has 0 aliphatic carbocycles. The number of hydrogen-bond donors (Lipinski definition) is 3. The maximum absolute atomic E-state index is 11.6. The minimum absolute atomic E-state index is 0.134. The van der Waals surface area contributed by atoms with Crippen LogP contribution in [0.2, 0.25) is 0 Å². The third kappa shape index (κ3) is 5.12. The standard InChI is InChI=1S/C10H18N2O5/c1-16-7(4-9(13)14)5-12-10(15)8-6-17-3-2-11-8/h7-8,11H,2-6H2,1H3,(H,12,15)(H,13,14). The highest BCUT2D eigenvalue weighted by molar-refractivity contribution is 5.82. The summed E-state index contributed by atoms with van der Waals surface area (Å²) in [6.45, 7) is 1.76. The Balaban J connectivity index is 2.27. The van der Waals surface area contributed by atoms with Gasteiger partial charge in [-0.2, -0.15) is 0 Å². The van der Waals surface area contributed by atoms with Crippen molar-refractivity contribution in [1.82, 2.24) is 10.6 Å². The number of nitrogens with one attached hydrogen (secondary N) is 2. The Kier molecular flexibility index (Phi) is 5.88. The molecule has 1 aliphatic rings. The Hall–Kier alpha value is -1.18. The van der Waals surface area contributed by atoms with E-state index >= 15 is 0 Å². The van der Waals surface area contributed by atoms with E-state index in [0.29, 0.717) is 19.8 Å². The predicted octanol–water partition coefficient (Wildman–Crippen LogP) is -1.42. The highest BCUT2D eigenvalue weighted by atomic mass is 16.5. The van der Waals surface area contributed by atoms with E-state index in [4.69, 9.17) is 14.6 Å². The lowest BCUT2D eigenvalue weighted by atomic mass is 10.2. The first-order valence-electron chi connectivity index (χ1n) is 5.47. The summed E-state index contributed by atoms with van der Waals surface area (Å²) >= 11 is 0. The first-order valence-corrected chi connectivity index (χ1v) is 5.47. The number of methoxy groups -OCH3 is 1. The van der Waals surface area contributed by atoms with Crippen molar-refractivity contribution < 1.29 is 24.2 Å². The van der Waals surface area contributed by atoms with Gasteiger partial charge in [-0.15, -0.1) is 0 Å². The molecule has 3 N–H and O–H groups in total. The number of ether oxygens (including phenoxy) is 2. The van der Waals surface area contributed by atoms with Crippen LogP contribution in [0.5, 0.6) is 0 Å². The molecule has 1 rings (SSSR count). The molecule has 98 valence electrons. The zero-order valence-electron chi connectivity index (χ0n) is 9.77. The maximum Gasteiger partial charge on any atom is 0.306 e. The van der Waals surface area contributed by atoms with Gasteiger partial charge in [-0.25, -0.2) is 0 Å². The molecular weight excluding hydrogens is 228 g/mol. The van der Waals surface area contributed by atoms with E-state index in [-0.39, 0.29) is 24.9 Å². The number of rotatable bonds is 6. The highest BCUT2D eigenvalue weighted by Crippen LogP contribution is 1.97. The monoisotopic (exact) mass is 246 g/mol. The summed E-state index contributed by atoms with van der Waals surface area (Å²) in [4.78, 5) is 22.1. The number of morpholine rings is 1. The third-order valence-electron chi connectivity index (χ3n) is 2.48. The second-order valence-electron chi connectivity index (χ2n) is 3.78. The van der Waals surface area contributed by atoms with E-state index in [1.54, 1.807) is 0 Å². The van der Waals surface area contributed by atoms with Crippen molar-refractivity contribution in [2.24, 2.45) is 0 Å². The molecule has 2 atom stereocenters. The van der Waals surface area contributed by atoms with Gasteiger partial charge >= 0.3 is 5.97 Å². The lowest BCUT2D eigenvalue weighted by molar-refractivity contribution is -0.140. The Morgan fingerprint density at radius 2 is 2.41 bits per heavy atom. The van der Waals surface area contributed by atoms with Crippen LogP contribution in [0.4, 0.5) is 0 Å². The SMILES string of the molecule is COC(CNC(=O)C1COCCN1)CC(=O)O. The van der Waals surface area contributed by atoms with Crippen LogP contribution in [-0.4, -0.2) is 62.5 Å². The van der Waals surface area contributed by atoms with Gasteiger partial charge in [-0.3, -0.25) is 9.59 Å². The molecule has 1 aliphatic heterocycles. The highest BCUT2D eigenvalue weighted by Gasteiger charge is 2.22. The van der Waals surface area contributed by atoms with Crippen LogP contribution in [0.15, 0.2) is 0 Å². The molecule has 0 aromatic carbocycles. The van der Waals surface area contributed by atoms with Gasteiger partial charge in [-0.1, -0.05) is 0 Å². The van der Waals surface area contributed by atoms with Gasteiger partial charge in [0.2, 0.25) is 5.91 Å². The van der Waals surface area contributed by atoms with Crippen molar-refractivity contribution in [2.45, 2.75) is 18.6 Å². The fourth-order valence-corrected chi connectivity index (χ4v) is 1.51. The number of aliphatic carboxylic acids is 1. The Morgan fingerprint density at radius 1 is 1.65 bits per heavy atom. The zero-order valence-corrected chi connectivity index (χ0v) is 9.77. The Bertz CT molecular complexity index is 265. The maximum atomic E-state index is 11.6. The minimum atomic E-state index is -0.953. The summed E-state index contributed by atoms with van der Waals surface area (Å²) in [6, 6.07) is -0.369. The van der Waals surface area contributed by atoms with E-state index in [0.717, 1.165) is 0 Å². The van der Waals surface area contributed by atoms with Crippen LogP contribution in [0.1, 0.15) is 6.42 Å². The lowest BCUT2D eigenvalue weighted by Crippen LogP contribution is -2.52. The molecular formula is C10H18N2O5.